The number of halogens is 3. The number of carbonyl (C=O) groups excluding carboxylic acids is 2. The van der Waals surface area contributed by atoms with E-state index in [9.17, 15) is 22.8 Å². The molecular formula is C18H17F3N4O2. The van der Waals surface area contributed by atoms with Gasteiger partial charge in [-0.05, 0) is 36.4 Å². The van der Waals surface area contributed by atoms with Crippen molar-refractivity contribution in [2.24, 2.45) is 0 Å². The van der Waals surface area contributed by atoms with Crippen molar-refractivity contribution in [2.45, 2.75) is 6.18 Å². The number of anilines is 2. The number of amides is 2. The Bertz CT molecular complexity index is 799. The van der Waals surface area contributed by atoms with Crippen molar-refractivity contribution >= 4 is 23.8 Å². The van der Waals surface area contributed by atoms with Crippen LogP contribution in [0.3, 0.4) is 0 Å². The summed E-state index contributed by atoms with van der Waals surface area (Å²) in [7, 11) is 0. The number of benzene rings is 1. The molecule has 1 aromatic heterocycles. The molecule has 1 fully saturated rings. The average Bonchev–Trinajstić information content (AvgIpc) is 2.68. The molecule has 3 rings (SSSR count). The van der Waals surface area contributed by atoms with Crippen LogP contribution < -0.4 is 10.2 Å². The molecule has 1 aliphatic heterocycles. The number of hydrogen-bond acceptors (Lipinski definition) is 4. The molecule has 0 spiro atoms. The summed E-state index contributed by atoms with van der Waals surface area (Å²) in [4.78, 5) is 30.9. The molecule has 2 amide bonds. The van der Waals surface area contributed by atoms with Crippen LogP contribution in [-0.4, -0.2) is 48.4 Å². The summed E-state index contributed by atoms with van der Waals surface area (Å²) in [5.74, 6) is 0.242. The van der Waals surface area contributed by atoms with E-state index in [2.05, 4.69) is 10.3 Å². The van der Waals surface area contributed by atoms with Crippen molar-refractivity contribution in [1.29, 1.82) is 0 Å². The summed E-state index contributed by atoms with van der Waals surface area (Å²) in [5, 5.41) is 2.54. The SMILES string of the molecule is O=CN1CCN(c2ccc(C(=O)Nc3ccc(C(F)(F)F)cc3)cn2)CC1. The van der Waals surface area contributed by atoms with E-state index in [0.717, 1.165) is 18.5 Å². The number of aromatic nitrogens is 1. The van der Waals surface area contributed by atoms with Crippen molar-refractivity contribution in [1.82, 2.24) is 9.88 Å². The average molecular weight is 378 g/mol. The molecule has 0 aliphatic carbocycles. The Hall–Kier alpha value is -3.10. The smallest absolute Gasteiger partial charge is 0.353 e. The van der Waals surface area contributed by atoms with Crippen molar-refractivity contribution < 1.29 is 22.8 Å². The Morgan fingerprint density at radius 2 is 1.70 bits per heavy atom. The molecule has 6 nitrogen and oxygen atoms in total. The van der Waals surface area contributed by atoms with Crippen molar-refractivity contribution in [3.8, 4) is 0 Å². The molecule has 0 bridgehead atoms. The fraction of sp³-hybridized carbons (Fsp3) is 0.278. The molecule has 1 saturated heterocycles. The fourth-order valence-electron chi connectivity index (χ4n) is 2.71. The van der Waals surface area contributed by atoms with Crippen molar-refractivity contribution in [2.75, 3.05) is 36.4 Å². The molecule has 2 heterocycles. The van der Waals surface area contributed by atoms with Crippen molar-refractivity contribution in [3.63, 3.8) is 0 Å². The van der Waals surface area contributed by atoms with E-state index in [4.69, 9.17) is 0 Å². The van der Waals surface area contributed by atoms with Gasteiger partial charge in [-0.2, -0.15) is 13.2 Å². The molecule has 1 N–H and O–H groups in total. The largest absolute Gasteiger partial charge is 0.416 e. The number of alkyl halides is 3. The maximum absolute atomic E-state index is 12.6. The number of rotatable bonds is 4. The van der Waals surface area contributed by atoms with E-state index in [0.29, 0.717) is 37.6 Å². The van der Waals surface area contributed by atoms with Crippen LogP contribution in [0, 0.1) is 0 Å². The number of nitrogens with zero attached hydrogens (tertiary/aromatic N) is 3. The summed E-state index contributed by atoms with van der Waals surface area (Å²) in [6.45, 7) is 2.54. The molecule has 0 unspecified atom stereocenters. The van der Waals surface area contributed by atoms with E-state index in [-0.39, 0.29) is 5.69 Å². The molecule has 0 atom stereocenters. The van der Waals surface area contributed by atoms with Gasteiger partial charge >= 0.3 is 6.18 Å². The van der Waals surface area contributed by atoms with Gasteiger partial charge in [0.05, 0.1) is 11.1 Å². The second-order valence-corrected chi connectivity index (χ2v) is 6.06. The van der Waals surface area contributed by atoms with Crippen LogP contribution in [0.15, 0.2) is 42.6 Å². The number of nitrogens with one attached hydrogen (secondary N) is 1. The number of hydrogen-bond donors (Lipinski definition) is 1. The third-order valence-electron chi connectivity index (χ3n) is 4.27. The molecule has 9 heteroatoms. The standard InChI is InChI=1S/C18H17F3N4O2/c19-18(20,21)14-2-4-15(5-3-14)23-17(27)13-1-6-16(22-11-13)25-9-7-24(12-26)8-10-25/h1-6,11-12H,7-10H2,(H,23,27). The lowest BCUT2D eigenvalue weighted by Crippen LogP contribution is -2.46. The monoisotopic (exact) mass is 378 g/mol. The van der Waals surface area contributed by atoms with E-state index < -0.39 is 17.6 Å². The molecule has 27 heavy (non-hydrogen) atoms. The van der Waals surface area contributed by atoms with Gasteiger partial charge in [-0.25, -0.2) is 4.98 Å². The van der Waals surface area contributed by atoms with E-state index in [1.54, 1.807) is 17.0 Å². The maximum atomic E-state index is 12.6. The van der Waals surface area contributed by atoms with Crippen LogP contribution in [0.1, 0.15) is 15.9 Å². The Kier molecular flexibility index (Phi) is 5.29. The molecular weight excluding hydrogens is 361 g/mol. The van der Waals surface area contributed by atoms with Gasteiger partial charge in [0, 0.05) is 38.1 Å². The quantitative estimate of drug-likeness (QED) is 0.831. The lowest BCUT2D eigenvalue weighted by Gasteiger charge is -2.33. The van der Waals surface area contributed by atoms with Crippen LogP contribution in [0.4, 0.5) is 24.7 Å². The molecule has 1 aliphatic rings. The summed E-state index contributed by atoms with van der Waals surface area (Å²) >= 11 is 0. The molecule has 0 radical (unpaired) electrons. The molecule has 0 saturated carbocycles. The highest BCUT2D eigenvalue weighted by molar-refractivity contribution is 6.04. The van der Waals surface area contributed by atoms with Gasteiger partial charge in [-0.3, -0.25) is 9.59 Å². The Balaban J connectivity index is 1.61. The zero-order chi connectivity index (χ0) is 19.4. The lowest BCUT2D eigenvalue weighted by atomic mass is 10.2. The van der Waals surface area contributed by atoms with Gasteiger partial charge in [0.15, 0.2) is 0 Å². The topological polar surface area (TPSA) is 65.5 Å². The van der Waals surface area contributed by atoms with E-state index >= 15 is 0 Å². The van der Waals surface area contributed by atoms with Gasteiger partial charge in [0.2, 0.25) is 6.41 Å². The molecule has 142 valence electrons. The second kappa shape index (κ2) is 7.65. The van der Waals surface area contributed by atoms with Crippen LogP contribution >= 0.6 is 0 Å². The highest BCUT2D eigenvalue weighted by Gasteiger charge is 2.30. The number of carbonyl (C=O) groups is 2. The normalized spacial score (nSPS) is 14.8. The summed E-state index contributed by atoms with van der Waals surface area (Å²) < 4.78 is 37.7. The maximum Gasteiger partial charge on any atom is 0.416 e. The van der Waals surface area contributed by atoms with Gasteiger partial charge in [-0.1, -0.05) is 0 Å². The van der Waals surface area contributed by atoms with Crippen LogP contribution in [0.25, 0.3) is 0 Å². The first kappa shape index (κ1) is 18.7. The van der Waals surface area contributed by atoms with Crippen molar-refractivity contribution in [3.05, 3.63) is 53.7 Å². The zero-order valence-corrected chi connectivity index (χ0v) is 14.2. The summed E-state index contributed by atoms with van der Waals surface area (Å²) in [6, 6.07) is 7.54. The van der Waals surface area contributed by atoms with Gasteiger partial charge in [0.1, 0.15) is 5.82 Å². The zero-order valence-electron chi connectivity index (χ0n) is 14.2. The molecule has 2 aromatic rings. The van der Waals surface area contributed by atoms with Crippen LogP contribution in [0.5, 0.6) is 0 Å². The Morgan fingerprint density at radius 3 is 2.22 bits per heavy atom. The molecule has 1 aromatic carbocycles. The van der Waals surface area contributed by atoms with Gasteiger partial charge < -0.3 is 15.1 Å². The first-order valence-corrected chi connectivity index (χ1v) is 8.26. The predicted octanol–water partition coefficient (Wildman–Crippen LogP) is 2.63. The van der Waals surface area contributed by atoms with Gasteiger partial charge in [-0.15, -0.1) is 0 Å². The Labute approximate surface area is 153 Å². The van der Waals surface area contributed by atoms with Crippen LogP contribution in [-0.2, 0) is 11.0 Å². The highest BCUT2D eigenvalue weighted by atomic mass is 19.4. The third-order valence-corrected chi connectivity index (χ3v) is 4.27. The number of piperazine rings is 1. The Morgan fingerprint density at radius 1 is 1.04 bits per heavy atom. The predicted molar refractivity (Wildman–Crippen MR) is 93.5 cm³/mol. The highest BCUT2D eigenvalue weighted by Crippen LogP contribution is 2.29. The van der Waals surface area contributed by atoms with Crippen LogP contribution in [0.2, 0.25) is 0 Å². The first-order valence-electron chi connectivity index (χ1n) is 8.26. The second-order valence-electron chi connectivity index (χ2n) is 6.06. The minimum Gasteiger partial charge on any atom is -0.353 e. The summed E-state index contributed by atoms with van der Waals surface area (Å²) in [6.07, 6.45) is -2.18. The van der Waals surface area contributed by atoms with E-state index in [1.165, 1.54) is 18.3 Å². The minimum absolute atomic E-state index is 0.266. The first-order chi connectivity index (χ1) is 12.9. The minimum atomic E-state index is -4.42. The third kappa shape index (κ3) is 4.55. The van der Waals surface area contributed by atoms with E-state index in [1.807, 2.05) is 4.90 Å². The number of pyridine rings is 1. The fourth-order valence-corrected chi connectivity index (χ4v) is 2.71. The van der Waals surface area contributed by atoms with Gasteiger partial charge in [0.25, 0.3) is 5.91 Å². The summed E-state index contributed by atoms with van der Waals surface area (Å²) in [5.41, 5.74) is -0.214. The lowest BCUT2D eigenvalue weighted by molar-refractivity contribution is -0.137.